The summed E-state index contributed by atoms with van der Waals surface area (Å²) in [5.74, 6) is 0.658. The van der Waals surface area contributed by atoms with E-state index in [1.54, 1.807) is 12.3 Å². The number of halogens is 1. The Morgan fingerprint density at radius 2 is 2.25 bits per heavy atom. The summed E-state index contributed by atoms with van der Waals surface area (Å²) >= 11 is 0. The maximum absolute atomic E-state index is 14.0. The largest absolute Gasteiger partial charge is 0.384 e. The van der Waals surface area contributed by atoms with Gasteiger partial charge in [0.15, 0.2) is 0 Å². The molecule has 2 rings (SSSR count). The maximum atomic E-state index is 14.0. The van der Waals surface area contributed by atoms with E-state index in [4.69, 9.17) is 5.73 Å². The number of hydrogen-bond donors (Lipinski definition) is 2. The lowest BCUT2D eigenvalue weighted by atomic mass is 9.90. The molecule has 1 aliphatic heterocycles. The highest BCUT2D eigenvalue weighted by Crippen LogP contribution is 2.22. The van der Waals surface area contributed by atoms with Gasteiger partial charge in [0.2, 0.25) is 0 Å². The zero-order chi connectivity index (χ0) is 11.4. The summed E-state index contributed by atoms with van der Waals surface area (Å²) < 4.78 is 14.0. The first-order valence-corrected chi connectivity index (χ1v) is 5.81. The van der Waals surface area contributed by atoms with E-state index in [0.29, 0.717) is 12.2 Å². The van der Waals surface area contributed by atoms with E-state index in [1.807, 2.05) is 6.07 Å². The summed E-state index contributed by atoms with van der Waals surface area (Å²) in [7, 11) is 0. The van der Waals surface area contributed by atoms with Crippen LogP contribution in [0.3, 0.4) is 0 Å². The Morgan fingerprint density at radius 3 is 2.94 bits per heavy atom. The number of hydrogen-bond acceptors (Lipinski definition) is 3. The minimum Gasteiger partial charge on any atom is -0.384 e. The lowest BCUT2D eigenvalue weighted by Gasteiger charge is -2.25. The number of alkyl halides is 1. The number of nitrogens with two attached hydrogens (primary N) is 1. The molecule has 0 spiro atoms. The predicted octanol–water partition coefficient (Wildman–Crippen LogP) is 1.54. The molecule has 0 saturated carbocycles. The van der Waals surface area contributed by atoms with Crippen LogP contribution in [0.25, 0.3) is 0 Å². The second-order valence-corrected chi connectivity index (χ2v) is 4.40. The maximum Gasteiger partial charge on any atom is 0.123 e. The van der Waals surface area contributed by atoms with Crippen molar-refractivity contribution in [1.82, 2.24) is 10.3 Å². The van der Waals surface area contributed by atoms with Gasteiger partial charge in [-0.1, -0.05) is 0 Å². The SMILES string of the molecule is Nc1cc(CC(F)C2CCNCC2)ccn1. The molecule has 0 bridgehead atoms. The van der Waals surface area contributed by atoms with Crippen molar-refractivity contribution in [2.45, 2.75) is 25.4 Å². The molecule has 1 saturated heterocycles. The van der Waals surface area contributed by atoms with Crippen molar-refractivity contribution in [2.75, 3.05) is 18.8 Å². The van der Waals surface area contributed by atoms with Crippen molar-refractivity contribution < 1.29 is 4.39 Å². The highest BCUT2D eigenvalue weighted by atomic mass is 19.1. The summed E-state index contributed by atoms with van der Waals surface area (Å²) in [6.45, 7) is 1.87. The van der Waals surface area contributed by atoms with E-state index in [2.05, 4.69) is 10.3 Å². The van der Waals surface area contributed by atoms with Crippen LogP contribution in [-0.4, -0.2) is 24.2 Å². The quantitative estimate of drug-likeness (QED) is 0.817. The Hall–Kier alpha value is -1.16. The van der Waals surface area contributed by atoms with Crippen LogP contribution in [0.4, 0.5) is 10.2 Å². The molecule has 16 heavy (non-hydrogen) atoms. The second-order valence-electron chi connectivity index (χ2n) is 4.40. The third-order valence-electron chi connectivity index (χ3n) is 3.17. The van der Waals surface area contributed by atoms with Gasteiger partial charge in [-0.25, -0.2) is 9.37 Å². The van der Waals surface area contributed by atoms with Crippen molar-refractivity contribution in [3.63, 3.8) is 0 Å². The van der Waals surface area contributed by atoms with Gasteiger partial charge in [0, 0.05) is 12.6 Å². The van der Waals surface area contributed by atoms with Crippen LogP contribution >= 0.6 is 0 Å². The highest BCUT2D eigenvalue weighted by molar-refractivity contribution is 5.32. The Morgan fingerprint density at radius 1 is 1.50 bits per heavy atom. The van der Waals surface area contributed by atoms with Gasteiger partial charge < -0.3 is 11.1 Å². The third kappa shape index (κ3) is 2.92. The molecule has 0 radical (unpaired) electrons. The molecular weight excluding hydrogens is 205 g/mol. The van der Waals surface area contributed by atoms with Crippen molar-refractivity contribution in [3.8, 4) is 0 Å². The summed E-state index contributed by atoms with van der Waals surface area (Å²) in [6.07, 6.45) is 3.20. The molecule has 3 nitrogen and oxygen atoms in total. The Labute approximate surface area is 95.3 Å². The molecule has 0 aliphatic carbocycles. The van der Waals surface area contributed by atoms with E-state index in [9.17, 15) is 4.39 Å². The molecule has 1 aromatic heterocycles. The van der Waals surface area contributed by atoms with Crippen LogP contribution in [0, 0.1) is 5.92 Å². The van der Waals surface area contributed by atoms with E-state index in [1.165, 1.54) is 0 Å². The second kappa shape index (κ2) is 5.25. The monoisotopic (exact) mass is 223 g/mol. The molecule has 1 fully saturated rings. The van der Waals surface area contributed by atoms with Crippen LogP contribution in [0.15, 0.2) is 18.3 Å². The summed E-state index contributed by atoms with van der Waals surface area (Å²) in [5, 5.41) is 3.25. The summed E-state index contributed by atoms with van der Waals surface area (Å²) in [5.41, 5.74) is 6.51. The normalized spacial score (nSPS) is 19.6. The highest BCUT2D eigenvalue weighted by Gasteiger charge is 2.23. The molecule has 4 heteroatoms. The van der Waals surface area contributed by atoms with Gasteiger partial charge in [-0.3, -0.25) is 0 Å². The van der Waals surface area contributed by atoms with E-state index in [0.717, 1.165) is 31.5 Å². The average molecular weight is 223 g/mol. The van der Waals surface area contributed by atoms with Gasteiger partial charge in [-0.15, -0.1) is 0 Å². The molecule has 88 valence electrons. The number of nitrogens with one attached hydrogen (secondary N) is 1. The molecule has 0 amide bonds. The molecular formula is C12H18FN3. The fraction of sp³-hybridized carbons (Fsp3) is 0.583. The Kier molecular flexibility index (Phi) is 3.72. The smallest absolute Gasteiger partial charge is 0.123 e. The Balaban J connectivity index is 1.93. The number of rotatable bonds is 3. The van der Waals surface area contributed by atoms with Crippen molar-refractivity contribution in [3.05, 3.63) is 23.9 Å². The van der Waals surface area contributed by atoms with E-state index < -0.39 is 6.17 Å². The molecule has 2 heterocycles. The molecule has 1 aliphatic rings. The first-order chi connectivity index (χ1) is 7.75. The van der Waals surface area contributed by atoms with Gasteiger partial charge in [0.1, 0.15) is 12.0 Å². The molecule has 1 aromatic rings. The predicted molar refractivity (Wildman–Crippen MR) is 62.8 cm³/mol. The number of aromatic nitrogens is 1. The van der Waals surface area contributed by atoms with Gasteiger partial charge in [0.25, 0.3) is 0 Å². The molecule has 1 atom stereocenters. The number of pyridine rings is 1. The van der Waals surface area contributed by atoms with Gasteiger partial charge in [-0.2, -0.15) is 0 Å². The van der Waals surface area contributed by atoms with Crippen LogP contribution in [0.1, 0.15) is 18.4 Å². The van der Waals surface area contributed by atoms with Gasteiger partial charge >= 0.3 is 0 Å². The zero-order valence-corrected chi connectivity index (χ0v) is 9.32. The topological polar surface area (TPSA) is 50.9 Å². The van der Waals surface area contributed by atoms with Crippen LogP contribution in [0.2, 0.25) is 0 Å². The van der Waals surface area contributed by atoms with Crippen molar-refractivity contribution in [1.29, 1.82) is 0 Å². The average Bonchev–Trinajstić information content (AvgIpc) is 2.30. The lowest BCUT2D eigenvalue weighted by Crippen LogP contribution is -2.33. The number of nitrogens with zero attached hydrogens (tertiary/aromatic N) is 1. The summed E-state index contributed by atoms with van der Waals surface area (Å²) in [4.78, 5) is 3.90. The fourth-order valence-electron chi connectivity index (χ4n) is 2.22. The first-order valence-electron chi connectivity index (χ1n) is 5.81. The Bertz CT molecular complexity index is 337. The minimum atomic E-state index is -0.760. The number of nitrogen functional groups attached to an aromatic ring is 1. The molecule has 0 aromatic carbocycles. The van der Waals surface area contributed by atoms with Gasteiger partial charge in [0.05, 0.1) is 0 Å². The van der Waals surface area contributed by atoms with Crippen LogP contribution < -0.4 is 11.1 Å². The van der Waals surface area contributed by atoms with E-state index in [-0.39, 0.29) is 5.92 Å². The minimum absolute atomic E-state index is 0.190. The van der Waals surface area contributed by atoms with E-state index >= 15 is 0 Å². The molecule has 3 N–H and O–H groups in total. The number of piperidine rings is 1. The van der Waals surface area contributed by atoms with Gasteiger partial charge in [-0.05, 0) is 49.5 Å². The molecule has 1 unspecified atom stereocenters. The van der Waals surface area contributed by atoms with Crippen molar-refractivity contribution >= 4 is 5.82 Å². The van der Waals surface area contributed by atoms with Crippen LogP contribution in [-0.2, 0) is 6.42 Å². The fourth-order valence-corrected chi connectivity index (χ4v) is 2.22. The van der Waals surface area contributed by atoms with Crippen molar-refractivity contribution in [2.24, 2.45) is 5.92 Å². The third-order valence-corrected chi connectivity index (χ3v) is 3.17. The standard InChI is InChI=1S/C12H18FN3/c13-11(10-2-4-15-5-3-10)7-9-1-6-16-12(14)8-9/h1,6,8,10-11,15H,2-5,7H2,(H2,14,16). The lowest BCUT2D eigenvalue weighted by molar-refractivity contribution is 0.187. The zero-order valence-electron chi connectivity index (χ0n) is 9.32. The van der Waals surface area contributed by atoms with Crippen LogP contribution in [0.5, 0.6) is 0 Å². The summed E-state index contributed by atoms with van der Waals surface area (Å²) in [6, 6.07) is 3.59. The number of anilines is 1. The first kappa shape index (κ1) is 11.3.